The van der Waals surface area contributed by atoms with Gasteiger partial charge < -0.3 is 10.5 Å². The van der Waals surface area contributed by atoms with Gasteiger partial charge in [-0.3, -0.25) is 0 Å². The number of rotatable bonds is 4. The Morgan fingerprint density at radius 3 is 2.82 bits per heavy atom. The van der Waals surface area contributed by atoms with Crippen LogP contribution in [-0.2, 0) is 23.3 Å². The first kappa shape index (κ1) is 13.0. The largest absolute Gasteiger partial charge is 0.368 e. The van der Waals surface area contributed by atoms with Gasteiger partial charge in [0.2, 0.25) is 0 Å². The van der Waals surface area contributed by atoms with Gasteiger partial charge >= 0.3 is 0 Å². The summed E-state index contributed by atoms with van der Waals surface area (Å²) in [4.78, 5) is 6.02. The highest BCUT2D eigenvalue weighted by Gasteiger charge is 2.35. The zero-order valence-corrected chi connectivity index (χ0v) is 11.8. The number of hydrogen-bond donors (Lipinski definition) is 1. The fraction of sp³-hybridized carbons (Fsp3) is 0.769. The van der Waals surface area contributed by atoms with E-state index in [1.165, 1.54) is 10.6 Å². The van der Waals surface area contributed by atoms with Gasteiger partial charge in [0.15, 0.2) is 0 Å². The Labute approximate surface area is 107 Å². The highest BCUT2D eigenvalue weighted by atomic mass is 32.1. The molecule has 0 bridgehead atoms. The van der Waals surface area contributed by atoms with Crippen molar-refractivity contribution in [3.8, 4) is 0 Å². The normalized spacial score (nSPS) is 24.8. The van der Waals surface area contributed by atoms with Crippen LogP contribution < -0.4 is 5.73 Å². The van der Waals surface area contributed by atoms with Gasteiger partial charge in [0, 0.05) is 18.0 Å². The quantitative estimate of drug-likeness (QED) is 0.899. The van der Waals surface area contributed by atoms with E-state index in [1.807, 2.05) is 0 Å². The van der Waals surface area contributed by atoms with Gasteiger partial charge in [0.05, 0.1) is 5.69 Å². The Kier molecular flexibility index (Phi) is 3.85. The molecule has 0 aromatic carbocycles. The maximum atomic E-state index is 5.85. The lowest BCUT2D eigenvalue weighted by molar-refractivity contribution is 0.0165. The predicted octanol–water partition coefficient (Wildman–Crippen LogP) is 2.83. The number of nitrogens with zero attached hydrogens (tertiary/aromatic N) is 1. The predicted molar refractivity (Wildman–Crippen MR) is 71.1 cm³/mol. The van der Waals surface area contributed by atoms with Gasteiger partial charge in [-0.05, 0) is 32.1 Å². The van der Waals surface area contributed by atoms with Gasteiger partial charge in [-0.2, -0.15) is 0 Å². The number of ether oxygens (including phenoxy) is 1. The van der Waals surface area contributed by atoms with Crippen molar-refractivity contribution in [1.82, 2.24) is 4.98 Å². The number of nitrogens with two attached hydrogens (primary N) is 1. The molecule has 17 heavy (non-hydrogen) atoms. The van der Waals surface area contributed by atoms with Crippen LogP contribution in [0.3, 0.4) is 0 Å². The molecule has 2 heterocycles. The van der Waals surface area contributed by atoms with Crippen LogP contribution in [0.5, 0.6) is 0 Å². The van der Waals surface area contributed by atoms with E-state index in [4.69, 9.17) is 15.5 Å². The summed E-state index contributed by atoms with van der Waals surface area (Å²) in [6.45, 7) is 8.03. The van der Waals surface area contributed by atoms with Crippen molar-refractivity contribution >= 4 is 11.3 Å². The molecule has 1 aromatic heterocycles. The highest BCUT2D eigenvalue weighted by molar-refractivity contribution is 7.11. The molecule has 1 fully saturated rings. The molecule has 0 amide bonds. The van der Waals surface area contributed by atoms with Crippen molar-refractivity contribution in [2.75, 3.05) is 6.61 Å². The maximum absolute atomic E-state index is 5.85. The summed E-state index contributed by atoms with van der Waals surface area (Å²) in [6.07, 6.45) is 3.22. The second-order valence-electron chi connectivity index (χ2n) is 5.37. The molecule has 2 rings (SSSR count). The van der Waals surface area contributed by atoms with E-state index in [9.17, 15) is 0 Å². The fourth-order valence-corrected chi connectivity index (χ4v) is 3.36. The summed E-state index contributed by atoms with van der Waals surface area (Å²) in [5.41, 5.74) is 6.83. The third-order valence-electron chi connectivity index (χ3n) is 3.24. The molecule has 0 radical (unpaired) electrons. The van der Waals surface area contributed by atoms with Crippen molar-refractivity contribution < 1.29 is 4.74 Å². The molecule has 0 spiro atoms. The van der Waals surface area contributed by atoms with Crippen LogP contribution >= 0.6 is 11.3 Å². The molecule has 1 saturated heterocycles. The van der Waals surface area contributed by atoms with Gasteiger partial charge in [-0.15, -0.1) is 11.3 Å². The lowest BCUT2D eigenvalue weighted by Gasteiger charge is -2.19. The monoisotopic (exact) mass is 254 g/mol. The molecule has 1 atom stereocenters. The Morgan fingerprint density at radius 2 is 2.29 bits per heavy atom. The minimum Gasteiger partial charge on any atom is -0.368 e. The van der Waals surface area contributed by atoms with E-state index in [0.29, 0.717) is 12.5 Å². The van der Waals surface area contributed by atoms with E-state index in [0.717, 1.165) is 30.9 Å². The van der Waals surface area contributed by atoms with E-state index in [-0.39, 0.29) is 5.60 Å². The second kappa shape index (κ2) is 5.04. The minimum absolute atomic E-state index is 0.163. The number of thiazole rings is 1. The molecule has 1 aromatic rings. The smallest absolute Gasteiger partial charge is 0.125 e. The van der Waals surface area contributed by atoms with E-state index in [2.05, 4.69) is 20.8 Å². The van der Waals surface area contributed by atoms with Gasteiger partial charge in [0.25, 0.3) is 0 Å². The average molecular weight is 254 g/mol. The van der Waals surface area contributed by atoms with Gasteiger partial charge in [-0.25, -0.2) is 4.98 Å². The maximum Gasteiger partial charge on any atom is 0.125 e. The molecule has 2 N–H and O–H groups in total. The lowest BCUT2D eigenvalue weighted by atomic mass is 10.0. The fourth-order valence-electron chi connectivity index (χ4n) is 2.26. The summed E-state index contributed by atoms with van der Waals surface area (Å²) in [7, 11) is 0. The molecule has 0 aliphatic carbocycles. The number of aromatic nitrogens is 1. The van der Waals surface area contributed by atoms with Gasteiger partial charge in [0.1, 0.15) is 10.6 Å². The topological polar surface area (TPSA) is 48.1 Å². The number of hydrogen-bond acceptors (Lipinski definition) is 4. The van der Waals surface area contributed by atoms with Crippen LogP contribution in [0.1, 0.15) is 49.2 Å². The first-order chi connectivity index (χ1) is 8.05. The third-order valence-corrected chi connectivity index (χ3v) is 4.60. The third kappa shape index (κ3) is 2.69. The zero-order valence-electron chi connectivity index (χ0n) is 11.0. The second-order valence-corrected chi connectivity index (χ2v) is 6.46. The van der Waals surface area contributed by atoms with Crippen molar-refractivity contribution in [2.45, 2.75) is 52.2 Å². The lowest BCUT2D eigenvalue weighted by Crippen LogP contribution is -2.19. The molecule has 4 heteroatoms. The molecule has 1 unspecified atom stereocenters. The summed E-state index contributed by atoms with van der Waals surface area (Å²) in [5, 5.41) is 1.12. The zero-order chi connectivity index (χ0) is 12.5. The first-order valence-corrected chi connectivity index (χ1v) is 7.20. The van der Waals surface area contributed by atoms with Crippen molar-refractivity contribution in [1.29, 1.82) is 0 Å². The van der Waals surface area contributed by atoms with Crippen molar-refractivity contribution in [2.24, 2.45) is 11.7 Å². The summed E-state index contributed by atoms with van der Waals surface area (Å²) < 4.78 is 5.85. The minimum atomic E-state index is -0.163. The van der Waals surface area contributed by atoms with E-state index < -0.39 is 0 Å². The van der Waals surface area contributed by atoms with E-state index >= 15 is 0 Å². The van der Waals surface area contributed by atoms with Crippen LogP contribution in [0.15, 0.2) is 0 Å². The Bertz CT molecular complexity index is 381. The standard InChI is InChI=1S/C13H22N2OS/c1-9(2)7-10-11(8-14)17-12(15-10)13(3)5-4-6-16-13/h9H,4-8,14H2,1-3H3. The Balaban J connectivity index is 2.27. The van der Waals surface area contributed by atoms with Crippen LogP contribution in [0.4, 0.5) is 0 Å². The molecule has 96 valence electrons. The molecule has 1 aliphatic heterocycles. The summed E-state index contributed by atoms with van der Waals surface area (Å²) in [5.74, 6) is 0.618. The van der Waals surface area contributed by atoms with Crippen LogP contribution in [-0.4, -0.2) is 11.6 Å². The molecular weight excluding hydrogens is 232 g/mol. The molecule has 1 aliphatic rings. The first-order valence-electron chi connectivity index (χ1n) is 6.38. The SMILES string of the molecule is CC(C)Cc1nc(C2(C)CCCO2)sc1CN. The molecular formula is C13H22N2OS. The summed E-state index contributed by atoms with van der Waals surface area (Å²) >= 11 is 1.74. The van der Waals surface area contributed by atoms with Crippen molar-refractivity contribution in [3.05, 3.63) is 15.6 Å². The van der Waals surface area contributed by atoms with Crippen LogP contribution in [0.25, 0.3) is 0 Å². The Hall–Kier alpha value is -0.450. The molecule has 3 nitrogen and oxygen atoms in total. The van der Waals surface area contributed by atoms with Crippen LogP contribution in [0.2, 0.25) is 0 Å². The molecule has 0 saturated carbocycles. The van der Waals surface area contributed by atoms with Crippen molar-refractivity contribution in [3.63, 3.8) is 0 Å². The van der Waals surface area contributed by atoms with Gasteiger partial charge in [-0.1, -0.05) is 13.8 Å². The Morgan fingerprint density at radius 1 is 1.53 bits per heavy atom. The van der Waals surface area contributed by atoms with Crippen LogP contribution in [0, 0.1) is 5.92 Å². The summed E-state index contributed by atoms with van der Waals surface area (Å²) in [6, 6.07) is 0. The average Bonchev–Trinajstić information content (AvgIpc) is 2.85. The van der Waals surface area contributed by atoms with E-state index in [1.54, 1.807) is 11.3 Å². The highest BCUT2D eigenvalue weighted by Crippen LogP contribution is 2.39.